The largest absolute Gasteiger partial charge is 0.472 e. The molecule has 4 heteroatoms. The smallest absolute Gasteiger partial charge is 0.0958 e. The highest BCUT2D eigenvalue weighted by atomic mass is 16.3. The van der Waals surface area contributed by atoms with Gasteiger partial charge < -0.3 is 19.7 Å². The highest BCUT2D eigenvalue weighted by Gasteiger charge is 2.65. The number of aryl methyl sites for hydroxylation is 1. The normalized spacial score (nSPS) is 45.8. The number of fused-ring (bicyclic) bond motifs is 1. The molecular weight excluding hydrogens is 304 g/mol. The molecule has 0 aromatic carbocycles. The highest BCUT2D eigenvalue weighted by molar-refractivity contribution is 5.15. The summed E-state index contributed by atoms with van der Waals surface area (Å²) in [6.45, 7) is 6.27. The van der Waals surface area contributed by atoms with Crippen molar-refractivity contribution in [3.05, 3.63) is 24.2 Å². The number of furan rings is 1. The topological polar surface area (TPSA) is 73.8 Å². The molecule has 2 aliphatic carbocycles. The maximum Gasteiger partial charge on any atom is 0.0958 e. The summed E-state index contributed by atoms with van der Waals surface area (Å²) in [5.74, 6) is 0.570. The summed E-state index contributed by atoms with van der Waals surface area (Å²) in [5.41, 5.74) is -0.622. The molecule has 4 nitrogen and oxygen atoms in total. The van der Waals surface area contributed by atoms with E-state index in [1.165, 1.54) is 5.56 Å². The predicted molar refractivity (Wildman–Crippen MR) is 92.4 cm³/mol. The van der Waals surface area contributed by atoms with Gasteiger partial charge in [-0.15, -0.1) is 0 Å². The van der Waals surface area contributed by atoms with Crippen LogP contribution >= 0.6 is 0 Å². The fraction of sp³-hybridized carbons (Fsp3) is 0.800. The van der Waals surface area contributed by atoms with Crippen LogP contribution < -0.4 is 0 Å². The molecule has 0 radical (unpaired) electrons. The lowest BCUT2D eigenvalue weighted by atomic mass is 9.42. The molecule has 0 spiro atoms. The third-order valence-electron chi connectivity index (χ3n) is 7.79. The van der Waals surface area contributed by atoms with Crippen LogP contribution in [-0.2, 0) is 6.42 Å². The van der Waals surface area contributed by atoms with E-state index in [1.807, 2.05) is 13.0 Å². The van der Waals surface area contributed by atoms with Gasteiger partial charge in [0.2, 0.25) is 0 Å². The van der Waals surface area contributed by atoms with Gasteiger partial charge in [0.05, 0.1) is 30.8 Å². The SMILES string of the molecule is C[C@@H]1C[C@H](O)[C@]2(C)[C@H](CCC[C@]2(O)CO)[C@@]1(C)CCc1ccoc1. The molecule has 0 unspecified atom stereocenters. The van der Waals surface area contributed by atoms with Crippen molar-refractivity contribution in [1.82, 2.24) is 0 Å². The first-order valence-corrected chi connectivity index (χ1v) is 9.30. The molecule has 3 N–H and O–H groups in total. The second-order valence-corrected chi connectivity index (χ2v) is 8.71. The first kappa shape index (κ1) is 18.0. The quantitative estimate of drug-likeness (QED) is 0.790. The zero-order chi connectivity index (χ0) is 17.6. The van der Waals surface area contributed by atoms with E-state index < -0.39 is 17.1 Å². The number of hydrogen-bond acceptors (Lipinski definition) is 4. The summed E-state index contributed by atoms with van der Waals surface area (Å²) in [6, 6.07) is 2.01. The Morgan fingerprint density at radius 2 is 2.08 bits per heavy atom. The predicted octanol–water partition coefficient (Wildman–Crippen LogP) is 3.15. The average Bonchev–Trinajstić information content (AvgIpc) is 3.07. The van der Waals surface area contributed by atoms with Gasteiger partial charge in [0.15, 0.2) is 0 Å². The van der Waals surface area contributed by atoms with Crippen molar-refractivity contribution in [1.29, 1.82) is 0 Å². The maximum absolute atomic E-state index is 11.2. The summed E-state index contributed by atoms with van der Waals surface area (Å²) in [5, 5.41) is 32.0. The molecule has 0 aliphatic heterocycles. The van der Waals surface area contributed by atoms with E-state index in [1.54, 1.807) is 12.5 Å². The molecule has 0 bridgehead atoms. The minimum absolute atomic E-state index is 0.0226. The third-order valence-corrected chi connectivity index (χ3v) is 7.79. The molecule has 136 valence electrons. The summed E-state index contributed by atoms with van der Waals surface area (Å²) in [6.07, 6.45) is 8.03. The fourth-order valence-corrected chi connectivity index (χ4v) is 5.76. The van der Waals surface area contributed by atoms with Crippen molar-refractivity contribution in [3.8, 4) is 0 Å². The van der Waals surface area contributed by atoms with E-state index in [4.69, 9.17) is 4.42 Å². The second-order valence-electron chi connectivity index (χ2n) is 8.71. The highest BCUT2D eigenvalue weighted by Crippen LogP contribution is 2.64. The molecule has 1 aromatic heterocycles. The van der Waals surface area contributed by atoms with Crippen molar-refractivity contribution in [2.45, 2.75) is 71.0 Å². The van der Waals surface area contributed by atoms with Gasteiger partial charge in [-0.05, 0) is 61.0 Å². The number of rotatable bonds is 4. The minimum Gasteiger partial charge on any atom is -0.472 e. The third kappa shape index (κ3) is 2.46. The van der Waals surface area contributed by atoms with Crippen molar-refractivity contribution in [2.24, 2.45) is 22.7 Å². The fourth-order valence-electron chi connectivity index (χ4n) is 5.76. The van der Waals surface area contributed by atoms with Gasteiger partial charge in [0, 0.05) is 5.41 Å². The summed E-state index contributed by atoms with van der Waals surface area (Å²) < 4.78 is 5.20. The monoisotopic (exact) mass is 336 g/mol. The number of aliphatic hydroxyl groups is 3. The molecule has 1 heterocycles. The van der Waals surface area contributed by atoms with Crippen molar-refractivity contribution in [3.63, 3.8) is 0 Å². The van der Waals surface area contributed by atoms with Gasteiger partial charge in [-0.2, -0.15) is 0 Å². The second kappa shape index (κ2) is 6.15. The Morgan fingerprint density at radius 1 is 1.33 bits per heavy atom. The lowest BCUT2D eigenvalue weighted by molar-refractivity contribution is -0.256. The molecular formula is C20H32O4. The minimum atomic E-state index is -1.19. The lowest BCUT2D eigenvalue weighted by Gasteiger charge is -2.64. The van der Waals surface area contributed by atoms with Gasteiger partial charge in [-0.3, -0.25) is 0 Å². The molecule has 2 saturated carbocycles. The van der Waals surface area contributed by atoms with Crippen LogP contribution in [0.2, 0.25) is 0 Å². The zero-order valence-corrected chi connectivity index (χ0v) is 15.2. The Morgan fingerprint density at radius 3 is 2.71 bits per heavy atom. The van der Waals surface area contributed by atoms with E-state index in [9.17, 15) is 15.3 Å². The molecule has 2 fully saturated rings. The summed E-state index contributed by atoms with van der Waals surface area (Å²) in [7, 11) is 0. The van der Waals surface area contributed by atoms with Crippen LogP contribution in [-0.4, -0.2) is 33.6 Å². The Kier molecular flexibility index (Phi) is 4.61. The average molecular weight is 336 g/mol. The van der Waals surface area contributed by atoms with E-state index in [-0.39, 0.29) is 17.9 Å². The van der Waals surface area contributed by atoms with Crippen LogP contribution in [0.1, 0.15) is 58.4 Å². The van der Waals surface area contributed by atoms with E-state index in [0.717, 1.165) is 25.7 Å². The summed E-state index contributed by atoms with van der Waals surface area (Å²) >= 11 is 0. The molecule has 24 heavy (non-hydrogen) atoms. The summed E-state index contributed by atoms with van der Waals surface area (Å²) in [4.78, 5) is 0. The molecule has 2 aliphatic rings. The van der Waals surface area contributed by atoms with Crippen molar-refractivity contribution < 1.29 is 19.7 Å². The van der Waals surface area contributed by atoms with Crippen molar-refractivity contribution >= 4 is 0 Å². The Balaban J connectivity index is 1.93. The first-order chi connectivity index (χ1) is 11.3. The van der Waals surface area contributed by atoms with Crippen LogP contribution in [0, 0.1) is 22.7 Å². The Labute approximate surface area is 144 Å². The number of hydrogen-bond donors (Lipinski definition) is 3. The van der Waals surface area contributed by atoms with Crippen LogP contribution in [0.5, 0.6) is 0 Å². The van der Waals surface area contributed by atoms with Crippen molar-refractivity contribution in [2.75, 3.05) is 6.61 Å². The standard InChI is InChI=1S/C20H32O4/c1-14-11-17(22)19(3)16(5-4-8-20(19,23)13-21)18(14,2)9-6-15-7-10-24-12-15/h7,10,12,14,16-17,21-23H,4-6,8-9,11,13H2,1-3H3/t14-,16-,17+,18+,19+,20+/m1/s1. The van der Waals surface area contributed by atoms with Gasteiger partial charge in [0.1, 0.15) is 0 Å². The van der Waals surface area contributed by atoms with Gasteiger partial charge in [-0.1, -0.05) is 27.2 Å². The van der Waals surface area contributed by atoms with Crippen LogP contribution in [0.15, 0.2) is 23.0 Å². The van der Waals surface area contributed by atoms with Crippen LogP contribution in [0.25, 0.3) is 0 Å². The molecule has 1 aromatic rings. The molecule has 0 amide bonds. The number of aliphatic hydroxyl groups excluding tert-OH is 2. The van der Waals surface area contributed by atoms with Crippen LogP contribution in [0.3, 0.4) is 0 Å². The molecule has 6 atom stereocenters. The maximum atomic E-state index is 11.2. The molecule has 0 saturated heterocycles. The Hall–Kier alpha value is -0.840. The zero-order valence-electron chi connectivity index (χ0n) is 15.2. The van der Waals surface area contributed by atoms with Crippen LogP contribution in [0.4, 0.5) is 0 Å². The van der Waals surface area contributed by atoms with E-state index >= 15 is 0 Å². The first-order valence-electron chi connectivity index (χ1n) is 9.30. The van der Waals surface area contributed by atoms with E-state index in [2.05, 4.69) is 13.8 Å². The van der Waals surface area contributed by atoms with E-state index in [0.29, 0.717) is 18.8 Å². The van der Waals surface area contributed by atoms with Gasteiger partial charge in [-0.25, -0.2) is 0 Å². The molecule has 3 rings (SSSR count). The van der Waals surface area contributed by atoms with Gasteiger partial charge in [0.25, 0.3) is 0 Å². The Bertz CT molecular complexity index is 556. The van der Waals surface area contributed by atoms with Gasteiger partial charge >= 0.3 is 0 Å². The lowest BCUT2D eigenvalue weighted by Crippen LogP contribution is -2.68.